The van der Waals surface area contributed by atoms with Crippen molar-refractivity contribution < 1.29 is 13.5 Å². The Hall–Kier alpha value is -1.11. The van der Waals surface area contributed by atoms with Crippen LogP contribution >= 0.6 is 0 Å². The van der Waals surface area contributed by atoms with Crippen molar-refractivity contribution in [1.82, 2.24) is 4.31 Å². The molecular formula is C13H22N2O3S. The molecule has 0 radical (unpaired) electrons. The first-order chi connectivity index (χ1) is 8.47. The molecular weight excluding hydrogens is 264 g/mol. The van der Waals surface area contributed by atoms with Crippen LogP contribution in [0.25, 0.3) is 0 Å². The Morgan fingerprint density at radius 2 is 1.84 bits per heavy atom. The van der Waals surface area contributed by atoms with Crippen LogP contribution in [0.3, 0.4) is 0 Å². The van der Waals surface area contributed by atoms with Gasteiger partial charge in [0.25, 0.3) is 0 Å². The van der Waals surface area contributed by atoms with Crippen molar-refractivity contribution in [2.45, 2.75) is 38.2 Å². The largest absolute Gasteiger partial charge is 0.398 e. The van der Waals surface area contributed by atoms with Gasteiger partial charge in [0.1, 0.15) is 0 Å². The number of aliphatic hydroxyl groups is 1. The molecule has 0 amide bonds. The molecule has 108 valence electrons. The van der Waals surface area contributed by atoms with E-state index in [0.29, 0.717) is 16.8 Å². The molecule has 1 aromatic carbocycles. The summed E-state index contributed by atoms with van der Waals surface area (Å²) in [7, 11) is -2.21. The predicted molar refractivity (Wildman–Crippen MR) is 76.4 cm³/mol. The number of aryl methyl sites for hydroxylation is 1. The van der Waals surface area contributed by atoms with Crippen molar-refractivity contribution in [3.63, 3.8) is 0 Å². The number of rotatable bonds is 4. The molecule has 0 fully saturated rings. The Morgan fingerprint density at radius 3 is 2.32 bits per heavy atom. The van der Waals surface area contributed by atoms with Crippen LogP contribution in [0.1, 0.15) is 25.0 Å². The fourth-order valence-corrected chi connectivity index (χ4v) is 3.80. The first kappa shape index (κ1) is 15.9. The first-order valence-corrected chi connectivity index (χ1v) is 7.45. The topological polar surface area (TPSA) is 83.6 Å². The molecule has 0 bridgehead atoms. The summed E-state index contributed by atoms with van der Waals surface area (Å²) in [6.45, 7) is 6.57. The van der Waals surface area contributed by atoms with Crippen LogP contribution in [-0.2, 0) is 10.0 Å². The lowest BCUT2D eigenvalue weighted by molar-refractivity contribution is 0.0639. The van der Waals surface area contributed by atoms with E-state index in [0.717, 1.165) is 4.31 Å². The summed E-state index contributed by atoms with van der Waals surface area (Å²) in [6, 6.07) is 3.38. The monoisotopic (exact) mass is 286 g/mol. The number of anilines is 1. The quantitative estimate of drug-likeness (QED) is 0.817. The second-order valence-electron chi connectivity index (χ2n) is 5.50. The SMILES string of the molecule is Cc1ccc(N)c(C)c1S(=O)(=O)N(C)CC(C)(C)O. The fourth-order valence-electron chi connectivity index (χ4n) is 2.02. The van der Waals surface area contributed by atoms with E-state index >= 15 is 0 Å². The summed E-state index contributed by atoms with van der Waals surface area (Å²) in [5.41, 5.74) is 6.32. The molecule has 1 rings (SSSR count). The van der Waals surface area contributed by atoms with Crippen molar-refractivity contribution in [2.75, 3.05) is 19.3 Å². The van der Waals surface area contributed by atoms with E-state index in [1.54, 1.807) is 39.8 Å². The molecule has 1 aromatic rings. The van der Waals surface area contributed by atoms with Gasteiger partial charge in [-0.25, -0.2) is 8.42 Å². The van der Waals surface area contributed by atoms with Crippen LogP contribution in [0.4, 0.5) is 5.69 Å². The number of sulfonamides is 1. The van der Waals surface area contributed by atoms with E-state index in [4.69, 9.17) is 5.73 Å². The van der Waals surface area contributed by atoms with Crippen molar-refractivity contribution in [3.8, 4) is 0 Å². The first-order valence-electron chi connectivity index (χ1n) is 6.01. The van der Waals surface area contributed by atoms with Crippen molar-refractivity contribution in [1.29, 1.82) is 0 Å². The Labute approximate surface area is 115 Å². The minimum Gasteiger partial charge on any atom is -0.398 e. The highest BCUT2D eigenvalue weighted by Crippen LogP contribution is 2.27. The highest BCUT2D eigenvalue weighted by molar-refractivity contribution is 7.89. The minimum atomic E-state index is -3.66. The van der Waals surface area contributed by atoms with Crippen LogP contribution in [0, 0.1) is 13.8 Å². The third-order valence-corrected chi connectivity index (χ3v) is 5.02. The van der Waals surface area contributed by atoms with Gasteiger partial charge in [-0.05, 0) is 44.9 Å². The van der Waals surface area contributed by atoms with Gasteiger partial charge >= 0.3 is 0 Å². The summed E-state index contributed by atoms with van der Waals surface area (Å²) in [6.07, 6.45) is 0. The summed E-state index contributed by atoms with van der Waals surface area (Å²) in [4.78, 5) is 0.222. The minimum absolute atomic E-state index is 0.0169. The van der Waals surface area contributed by atoms with E-state index in [-0.39, 0.29) is 11.4 Å². The van der Waals surface area contributed by atoms with Crippen LogP contribution in [0.5, 0.6) is 0 Å². The van der Waals surface area contributed by atoms with E-state index in [1.807, 2.05) is 0 Å². The number of nitrogen functional groups attached to an aromatic ring is 1. The van der Waals surface area contributed by atoms with Crippen molar-refractivity contribution >= 4 is 15.7 Å². The lowest BCUT2D eigenvalue weighted by Crippen LogP contribution is -2.40. The highest BCUT2D eigenvalue weighted by Gasteiger charge is 2.29. The third-order valence-electron chi connectivity index (χ3n) is 2.92. The third kappa shape index (κ3) is 3.46. The molecule has 0 aliphatic carbocycles. The maximum Gasteiger partial charge on any atom is 0.243 e. The van der Waals surface area contributed by atoms with Crippen molar-refractivity contribution in [3.05, 3.63) is 23.3 Å². The summed E-state index contributed by atoms with van der Waals surface area (Å²) in [5, 5.41) is 9.76. The van der Waals surface area contributed by atoms with Gasteiger partial charge in [0.15, 0.2) is 0 Å². The molecule has 0 heterocycles. The van der Waals surface area contributed by atoms with Gasteiger partial charge in [-0.3, -0.25) is 0 Å². The van der Waals surface area contributed by atoms with Gasteiger partial charge in [-0.2, -0.15) is 4.31 Å². The smallest absolute Gasteiger partial charge is 0.243 e. The van der Waals surface area contributed by atoms with Gasteiger partial charge in [-0.15, -0.1) is 0 Å². The van der Waals surface area contributed by atoms with E-state index in [1.165, 1.54) is 7.05 Å². The molecule has 0 unspecified atom stereocenters. The van der Waals surface area contributed by atoms with Gasteiger partial charge in [0.2, 0.25) is 10.0 Å². The zero-order valence-corrected chi connectivity index (χ0v) is 12.9. The van der Waals surface area contributed by atoms with Gasteiger partial charge in [0.05, 0.1) is 10.5 Å². The lowest BCUT2D eigenvalue weighted by Gasteiger charge is -2.26. The maximum atomic E-state index is 12.6. The standard InChI is InChI=1S/C13H22N2O3S/c1-9-6-7-11(14)10(2)12(9)19(17,18)15(5)8-13(3,4)16/h6-7,16H,8,14H2,1-5H3. The summed E-state index contributed by atoms with van der Waals surface area (Å²) in [5.74, 6) is 0. The second kappa shape index (κ2) is 5.11. The number of likely N-dealkylation sites (N-methyl/N-ethyl adjacent to an activating group) is 1. The summed E-state index contributed by atoms with van der Waals surface area (Å²) >= 11 is 0. The maximum absolute atomic E-state index is 12.6. The van der Waals surface area contributed by atoms with Gasteiger partial charge in [0, 0.05) is 19.3 Å². The van der Waals surface area contributed by atoms with E-state index < -0.39 is 15.6 Å². The molecule has 6 heteroatoms. The molecule has 0 aliphatic heterocycles. The predicted octanol–water partition coefficient (Wildman–Crippen LogP) is 1.28. The zero-order chi connectivity index (χ0) is 15.0. The van der Waals surface area contributed by atoms with Crippen molar-refractivity contribution in [2.24, 2.45) is 0 Å². The molecule has 0 saturated carbocycles. The van der Waals surface area contributed by atoms with E-state index in [9.17, 15) is 13.5 Å². The number of hydrogen-bond acceptors (Lipinski definition) is 4. The Morgan fingerprint density at radius 1 is 1.32 bits per heavy atom. The molecule has 3 N–H and O–H groups in total. The number of nitrogens with two attached hydrogens (primary N) is 1. The Balaban J connectivity index is 3.33. The average Bonchev–Trinajstić information content (AvgIpc) is 2.21. The Bertz CT molecular complexity index is 574. The van der Waals surface area contributed by atoms with Crippen LogP contribution < -0.4 is 5.73 Å². The average molecular weight is 286 g/mol. The molecule has 0 aromatic heterocycles. The molecule has 0 atom stereocenters. The normalized spacial score (nSPS) is 13.0. The number of nitrogens with zero attached hydrogens (tertiary/aromatic N) is 1. The van der Waals surface area contributed by atoms with Gasteiger partial charge in [-0.1, -0.05) is 6.07 Å². The number of benzene rings is 1. The van der Waals surface area contributed by atoms with Crippen LogP contribution in [0.2, 0.25) is 0 Å². The molecule has 0 aliphatic rings. The van der Waals surface area contributed by atoms with Gasteiger partial charge < -0.3 is 10.8 Å². The highest BCUT2D eigenvalue weighted by atomic mass is 32.2. The molecule has 5 nitrogen and oxygen atoms in total. The Kier molecular flexibility index (Phi) is 4.29. The molecule has 0 saturated heterocycles. The van der Waals surface area contributed by atoms with Crippen LogP contribution in [0.15, 0.2) is 17.0 Å². The summed E-state index contributed by atoms with van der Waals surface area (Å²) < 4.78 is 26.3. The molecule has 19 heavy (non-hydrogen) atoms. The zero-order valence-electron chi connectivity index (χ0n) is 12.1. The fraction of sp³-hybridized carbons (Fsp3) is 0.538. The molecule has 0 spiro atoms. The van der Waals surface area contributed by atoms with E-state index in [2.05, 4.69) is 0 Å². The second-order valence-corrected chi connectivity index (χ2v) is 7.48. The number of hydrogen-bond donors (Lipinski definition) is 2. The van der Waals surface area contributed by atoms with Crippen LogP contribution in [-0.4, -0.2) is 37.0 Å². The lowest BCUT2D eigenvalue weighted by atomic mass is 10.1.